The van der Waals surface area contributed by atoms with Crippen LogP contribution in [0.25, 0.3) is 0 Å². The maximum Gasteiger partial charge on any atom is 0.405 e. The summed E-state index contributed by atoms with van der Waals surface area (Å²) in [5.41, 5.74) is -4.17. The second-order valence-electron chi connectivity index (χ2n) is 2.51. The van der Waals surface area contributed by atoms with Crippen molar-refractivity contribution in [2.45, 2.75) is 18.0 Å². The predicted octanol–water partition coefficient (Wildman–Crippen LogP) is 1.51. The molecule has 0 aliphatic rings. The lowest BCUT2D eigenvalue weighted by Crippen LogP contribution is -2.52. The van der Waals surface area contributed by atoms with Crippen molar-refractivity contribution in [3.8, 4) is 12.1 Å². The summed E-state index contributed by atoms with van der Waals surface area (Å²) >= 11 is 0. The number of hydrogen-bond donors (Lipinski definition) is 1. The molecule has 0 aromatic rings. The van der Waals surface area contributed by atoms with Crippen molar-refractivity contribution in [2.75, 3.05) is 0 Å². The quantitative estimate of drug-likeness (QED) is 0.550. The van der Waals surface area contributed by atoms with E-state index in [0.29, 0.717) is 12.1 Å². The first kappa shape index (κ1) is 13.5. The van der Waals surface area contributed by atoms with Gasteiger partial charge in [0.1, 0.15) is 12.1 Å². The van der Waals surface area contributed by atoms with Gasteiger partial charge >= 0.3 is 12.4 Å². The van der Waals surface area contributed by atoms with E-state index in [1.54, 1.807) is 0 Å². The molecule has 0 unspecified atom stereocenters. The Morgan fingerprint density at radius 2 is 1.13 bits per heavy atom. The minimum Gasteiger partial charge on any atom is -0.363 e. The van der Waals surface area contributed by atoms with Crippen LogP contribution >= 0.6 is 0 Å². The molecule has 0 aliphatic heterocycles. The zero-order valence-corrected chi connectivity index (χ0v) is 6.69. The molecule has 9 heteroatoms. The third-order valence-electron chi connectivity index (χ3n) is 1.41. The first-order valence-electron chi connectivity index (χ1n) is 3.17. The van der Waals surface area contributed by atoms with E-state index in [1.807, 2.05) is 0 Å². The van der Waals surface area contributed by atoms with Crippen LogP contribution in [0.1, 0.15) is 0 Å². The third-order valence-corrected chi connectivity index (χ3v) is 1.41. The standard InChI is InChI=1S/C6H2F6N2O/c7-5(8,9)3(6(10,11)12)4(15,1-13)2-14/h3,15H. The molecule has 0 bridgehead atoms. The van der Waals surface area contributed by atoms with Crippen molar-refractivity contribution in [2.24, 2.45) is 5.92 Å². The Labute approximate surface area is 79.1 Å². The lowest BCUT2D eigenvalue weighted by Gasteiger charge is -2.28. The van der Waals surface area contributed by atoms with Gasteiger partial charge in [-0.3, -0.25) is 0 Å². The van der Waals surface area contributed by atoms with Crippen LogP contribution in [0.5, 0.6) is 0 Å². The summed E-state index contributed by atoms with van der Waals surface area (Å²) in [6, 6.07) is 0.591. The first-order chi connectivity index (χ1) is 6.49. The van der Waals surface area contributed by atoms with Crippen LogP contribution in [-0.4, -0.2) is 23.1 Å². The molecule has 0 fully saturated rings. The highest BCUT2D eigenvalue weighted by atomic mass is 19.4. The molecule has 0 heterocycles. The second kappa shape index (κ2) is 3.59. The molecule has 0 saturated carbocycles. The van der Waals surface area contributed by atoms with Crippen LogP contribution in [0.2, 0.25) is 0 Å². The van der Waals surface area contributed by atoms with Crippen molar-refractivity contribution in [3.05, 3.63) is 0 Å². The van der Waals surface area contributed by atoms with Crippen LogP contribution < -0.4 is 0 Å². The minimum absolute atomic E-state index is 0.296. The van der Waals surface area contributed by atoms with E-state index in [9.17, 15) is 26.3 Å². The van der Waals surface area contributed by atoms with E-state index < -0.39 is 23.9 Å². The summed E-state index contributed by atoms with van der Waals surface area (Å²) in [7, 11) is 0. The van der Waals surface area contributed by atoms with Crippen molar-refractivity contribution >= 4 is 0 Å². The average molecular weight is 232 g/mol. The normalized spacial score (nSPS) is 13.5. The molecule has 0 aromatic heterocycles. The molecule has 0 aliphatic carbocycles. The molecular formula is C6H2F6N2O. The zero-order valence-electron chi connectivity index (χ0n) is 6.69. The highest BCUT2D eigenvalue weighted by Gasteiger charge is 2.67. The van der Waals surface area contributed by atoms with Gasteiger partial charge in [0.2, 0.25) is 5.92 Å². The molecule has 0 aromatic carbocycles. The fourth-order valence-corrected chi connectivity index (χ4v) is 0.813. The lowest BCUT2D eigenvalue weighted by molar-refractivity contribution is -0.310. The van der Waals surface area contributed by atoms with E-state index in [1.165, 1.54) is 0 Å². The van der Waals surface area contributed by atoms with Crippen molar-refractivity contribution < 1.29 is 31.4 Å². The summed E-state index contributed by atoms with van der Waals surface area (Å²) in [6.45, 7) is 0. The molecule has 0 atom stereocenters. The Kier molecular flexibility index (Phi) is 3.23. The second-order valence-corrected chi connectivity index (χ2v) is 2.51. The van der Waals surface area contributed by atoms with Gasteiger partial charge in [-0.2, -0.15) is 36.9 Å². The number of alkyl halides is 6. The largest absolute Gasteiger partial charge is 0.405 e. The SMILES string of the molecule is N#CC(O)(C#N)C(C(F)(F)F)C(F)(F)F. The molecule has 1 N–H and O–H groups in total. The summed E-state index contributed by atoms with van der Waals surface area (Å²) < 4.78 is 71.4. The van der Waals surface area contributed by atoms with Crippen LogP contribution in [0, 0.1) is 28.6 Å². The molecule has 84 valence electrons. The molecule has 0 rings (SSSR count). The molecular weight excluding hydrogens is 230 g/mol. The minimum atomic E-state index is -5.93. The highest BCUT2D eigenvalue weighted by molar-refractivity contribution is 5.21. The van der Waals surface area contributed by atoms with E-state index >= 15 is 0 Å². The summed E-state index contributed by atoms with van der Waals surface area (Å²) in [4.78, 5) is 0. The topological polar surface area (TPSA) is 67.8 Å². The van der Waals surface area contributed by atoms with Crippen molar-refractivity contribution in [1.82, 2.24) is 0 Å². The summed E-state index contributed by atoms with van der Waals surface area (Å²) in [5.74, 6) is -4.41. The van der Waals surface area contributed by atoms with E-state index in [4.69, 9.17) is 15.6 Å². The number of hydrogen-bond acceptors (Lipinski definition) is 3. The zero-order chi connectivity index (χ0) is 12.5. The van der Waals surface area contributed by atoms with Gasteiger partial charge in [0.15, 0.2) is 0 Å². The summed E-state index contributed by atoms with van der Waals surface area (Å²) in [5, 5.41) is 24.5. The molecule has 15 heavy (non-hydrogen) atoms. The van der Waals surface area contributed by atoms with Gasteiger partial charge in [0.05, 0.1) is 0 Å². The Bertz CT molecular complexity index is 290. The van der Waals surface area contributed by atoms with Crippen molar-refractivity contribution in [1.29, 1.82) is 10.5 Å². The van der Waals surface area contributed by atoms with Gasteiger partial charge in [-0.05, 0) is 0 Å². The molecule has 3 nitrogen and oxygen atoms in total. The monoisotopic (exact) mass is 232 g/mol. The molecule has 0 amide bonds. The average Bonchev–Trinajstić information content (AvgIpc) is 1.98. The van der Waals surface area contributed by atoms with E-state index in [0.717, 1.165) is 0 Å². The number of rotatable bonds is 1. The molecule has 0 spiro atoms. The number of aliphatic hydroxyl groups is 1. The van der Waals surface area contributed by atoms with Gasteiger partial charge in [0, 0.05) is 0 Å². The highest BCUT2D eigenvalue weighted by Crippen LogP contribution is 2.45. The van der Waals surface area contributed by atoms with Crippen molar-refractivity contribution in [3.63, 3.8) is 0 Å². The Morgan fingerprint density at radius 1 is 0.867 bits per heavy atom. The van der Waals surface area contributed by atoms with Crippen LogP contribution in [0.15, 0.2) is 0 Å². The van der Waals surface area contributed by atoms with Gasteiger partial charge < -0.3 is 5.11 Å². The summed E-state index contributed by atoms with van der Waals surface area (Å²) in [6.07, 6.45) is -11.9. The first-order valence-corrected chi connectivity index (χ1v) is 3.17. The fourth-order valence-electron chi connectivity index (χ4n) is 0.813. The maximum atomic E-state index is 11.9. The van der Waals surface area contributed by atoms with Gasteiger partial charge in [0.25, 0.3) is 5.60 Å². The number of halogens is 6. The van der Waals surface area contributed by atoms with Gasteiger partial charge in [-0.1, -0.05) is 0 Å². The number of nitrogens with zero attached hydrogens (tertiary/aromatic N) is 2. The van der Waals surface area contributed by atoms with Crippen LogP contribution in [0.3, 0.4) is 0 Å². The predicted molar refractivity (Wildman–Crippen MR) is 31.8 cm³/mol. The third kappa shape index (κ3) is 2.73. The van der Waals surface area contributed by atoms with Crippen LogP contribution in [0.4, 0.5) is 26.3 Å². The smallest absolute Gasteiger partial charge is 0.363 e. The Morgan fingerprint density at radius 3 is 1.20 bits per heavy atom. The van der Waals surface area contributed by atoms with E-state index in [-0.39, 0.29) is 0 Å². The lowest BCUT2D eigenvalue weighted by atomic mass is 9.89. The van der Waals surface area contributed by atoms with Gasteiger partial charge in [-0.25, -0.2) is 0 Å². The molecule has 0 radical (unpaired) electrons. The van der Waals surface area contributed by atoms with Gasteiger partial charge in [-0.15, -0.1) is 0 Å². The molecule has 0 saturated heterocycles. The van der Waals surface area contributed by atoms with Crippen LogP contribution in [-0.2, 0) is 0 Å². The number of nitriles is 2. The Hall–Kier alpha value is -1.48. The Balaban J connectivity index is 5.56. The fraction of sp³-hybridized carbons (Fsp3) is 0.667. The maximum absolute atomic E-state index is 11.9. The van der Waals surface area contributed by atoms with E-state index in [2.05, 4.69) is 0 Å².